The summed E-state index contributed by atoms with van der Waals surface area (Å²) in [5.41, 5.74) is 0. The van der Waals surface area contributed by atoms with Crippen molar-refractivity contribution in [3.8, 4) is 0 Å². The second-order valence-corrected chi connectivity index (χ2v) is 5.45. The van der Waals surface area contributed by atoms with E-state index < -0.39 is 6.09 Å². The van der Waals surface area contributed by atoms with E-state index in [2.05, 4.69) is 0 Å². The van der Waals surface area contributed by atoms with Crippen molar-refractivity contribution in [1.29, 1.82) is 0 Å². The highest BCUT2D eigenvalue weighted by Crippen LogP contribution is 2.39. The lowest BCUT2D eigenvalue weighted by atomic mass is 9.76. The van der Waals surface area contributed by atoms with Gasteiger partial charge in [-0.05, 0) is 43.9 Å². The molecular formula is C13H23NO4. The molecule has 2 N–H and O–H groups in total. The number of rotatable bonds is 3. The van der Waals surface area contributed by atoms with E-state index in [1.54, 1.807) is 7.11 Å². The Balaban J connectivity index is 1.95. The normalized spacial score (nSPS) is 36.9. The Hall–Kier alpha value is -0.810. The van der Waals surface area contributed by atoms with Crippen LogP contribution < -0.4 is 0 Å². The Morgan fingerprint density at radius 1 is 1.28 bits per heavy atom. The van der Waals surface area contributed by atoms with E-state index in [-0.39, 0.29) is 12.6 Å². The van der Waals surface area contributed by atoms with E-state index in [1.165, 1.54) is 4.90 Å². The number of carbonyl (C=O) groups is 1. The van der Waals surface area contributed by atoms with Crippen LogP contribution in [0.3, 0.4) is 0 Å². The molecule has 0 radical (unpaired) electrons. The fourth-order valence-electron chi connectivity index (χ4n) is 3.65. The third-order valence-electron chi connectivity index (χ3n) is 4.69. The number of amides is 1. The summed E-state index contributed by atoms with van der Waals surface area (Å²) in [6.45, 7) is 0.511. The van der Waals surface area contributed by atoms with E-state index >= 15 is 0 Å². The number of aliphatic hydroxyl groups is 1. The van der Waals surface area contributed by atoms with Crippen molar-refractivity contribution < 1.29 is 19.7 Å². The van der Waals surface area contributed by atoms with Gasteiger partial charge < -0.3 is 19.8 Å². The van der Waals surface area contributed by atoms with Gasteiger partial charge in [-0.15, -0.1) is 0 Å². The van der Waals surface area contributed by atoms with Crippen LogP contribution in [0.5, 0.6) is 0 Å². The number of aliphatic hydroxyl groups excluding tert-OH is 1. The smallest absolute Gasteiger partial charge is 0.407 e. The van der Waals surface area contributed by atoms with Crippen molar-refractivity contribution in [2.75, 3.05) is 20.3 Å². The Morgan fingerprint density at radius 2 is 1.94 bits per heavy atom. The zero-order valence-corrected chi connectivity index (χ0v) is 10.9. The molecule has 2 fully saturated rings. The first-order valence-electron chi connectivity index (χ1n) is 6.80. The predicted molar refractivity (Wildman–Crippen MR) is 66.5 cm³/mol. The van der Waals surface area contributed by atoms with Gasteiger partial charge in [0.05, 0.1) is 18.8 Å². The van der Waals surface area contributed by atoms with Crippen LogP contribution in [-0.4, -0.2) is 53.6 Å². The molecular weight excluding hydrogens is 234 g/mol. The lowest BCUT2D eigenvalue weighted by Crippen LogP contribution is -2.42. The van der Waals surface area contributed by atoms with E-state index in [0.717, 1.165) is 32.1 Å². The Kier molecular flexibility index (Phi) is 4.45. The quantitative estimate of drug-likeness (QED) is 0.805. The molecule has 0 aromatic rings. The maximum atomic E-state index is 11.1. The molecule has 0 aromatic carbocycles. The molecule has 1 heterocycles. The summed E-state index contributed by atoms with van der Waals surface area (Å²) in [7, 11) is 1.75. The van der Waals surface area contributed by atoms with E-state index in [9.17, 15) is 9.90 Å². The summed E-state index contributed by atoms with van der Waals surface area (Å²) in [6.07, 6.45) is 4.65. The largest absolute Gasteiger partial charge is 0.465 e. The Labute approximate surface area is 108 Å². The molecule has 2 rings (SSSR count). The molecule has 1 amide bonds. The first-order chi connectivity index (χ1) is 8.67. The van der Waals surface area contributed by atoms with Crippen LogP contribution in [0.4, 0.5) is 4.79 Å². The number of likely N-dealkylation sites (tertiary alicyclic amines) is 1. The average molecular weight is 257 g/mol. The van der Waals surface area contributed by atoms with Gasteiger partial charge in [-0.25, -0.2) is 4.79 Å². The number of ether oxygens (including phenoxy) is 1. The van der Waals surface area contributed by atoms with Crippen LogP contribution in [0.25, 0.3) is 0 Å². The lowest BCUT2D eigenvalue weighted by Gasteiger charge is -2.34. The molecule has 0 unspecified atom stereocenters. The van der Waals surface area contributed by atoms with Crippen LogP contribution >= 0.6 is 0 Å². The number of hydrogen-bond acceptors (Lipinski definition) is 3. The van der Waals surface area contributed by atoms with Gasteiger partial charge in [0.2, 0.25) is 0 Å². The zero-order chi connectivity index (χ0) is 13.1. The molecule has 1 saturated carbocycles. The van der Waals surface area contributed by atoms with Gasteiger partial charge in [0.15, 0.2) is 0 Å². The molecule has 0 aromatic heterocycles. The van der Waals surface area contributed by atoms with Gasteiger partial charge in [-0.3, -0.25) is 0 Å². The summed E-state index contributed by atoms with van der Waals surface area (Å²) >= 11 is 0. The minimum atomic E-state index is -0.901. The molecule has 2 atom stereocenters. The Bertz CT molecular complexity index is 289. The number of carboxylic acid groups (broad SMARTS) is 1. The first kappa shape index (κ1) is 13.6. The fourth-order valence-corrected chi connectivity index (χ4v) is 3.65. The van der Waals surface area contributed by atoms with Gasteiger partial charge >= 0.3 is 6.09 Å². The van der Waals surface area contributed by atoms with Crippen molar-refractivity contribution in [3.05, 3.63) is 0 Å². The van der Waals surface area contributed by atoms with Gasteiger partial charge in [0.25, 0.3) is 0 Å². The number of nitrogens with zero attached hydrogens (tertiary/aromatic N) is 1. The van der Waals surface area contributed by atoms with Crippen molar-refractivity contribution in [3.63, 3.8) is 0 Å². The summed E-state index contributed by atoms with van der Waals surface area (Å²) in [5, 5.41) is 18.6. The molecule has 1 aliphatic heterocycles. The monoisotopic (exact) mass is 257 g/mol. The maximum Gasteiger partial charge on any atom is 0.407 e. The second-order valence-electron chi connectivity index (χ2n) is 5.45. The van der Waals surface area contributed by atoms with Gasteiger partial charge in [-0.1, -0.05) is 0 Å². The molecule has 5 nitrogen and oxygen atoms in total. The van der Waals surface area contributed by atoms with Crippen molar-refractivity contribution in [2.45, 2.75) is 44.2 Å². The highest BCUT2D eigenvalue weighted by molar-refractivity contribution is 5.66. The summed E-state index contributed by atoms with van der Waals surface area (Å²) < 4.78 is 5.36. The molecule has 0 bridgehead atoms. The molecule has 104 valence electrons. The second kappa shape index (κ2) is 5.89. The van der Waals surface area contributed by atoms with Crippen LogP contribution in [0.15, 0.2) is 0 Å². The summed E-state index contributed by atoms with van der Waals surface area (Å²) in [6, 6.07) is -0.202. The minimum absolute atomic E-state index is 0.0544. The summed E-state index contributed by atoms with van der Waals surface area (Å²) in [4.78, 5) is 12.5. The van der Waals surface area contributed by atoms with E-state index in [0.29, 0.717) is 24.5 Å². The third kappa shape index (κ3) is 2.62. The van der Waals surface area contributed by atoms with Crippen molar-refractivity contribution >= 4 is 6.09 Å². The van der Waals surface area contributed by atoms with Crippen LogP contribution in [0, 0.1) is 11.8 Å². The topological polar surface area (TPSA) is 70.0 Å². The van der Waals surface area contributed by atoms with Crippen molar-refractivity contribution in [1.82, 2.24) is 4.90 Å². The van der Waals surface area contributed by atoms with Crippen molar-refractivity contribution in [2.24, 2.45) is 11.8 Å². The van der Waals surface area contributed by atoms with Gasteiger partial charge in [0, 0.05) is 13.7 Å². The van der Waals surface area contributed by atoms with Crippen LogP contribution in [0.2, 0.25) is 0 Å². The molecule has 1 aliphatic carbocycles. The van der Waals surface area contributed by atoms with Crippen LogP contribution in [0.1, 0.15) is 32.1 Å². The first-order valence-corrected chi connectivity index (χ1v) is 6.80. The molecule has 2 aliphatic rings. The molecule has 1 saturated heterocycles. The fraction of sp³-hybridized carbons (Fsp3) is 0.923. The SMILES string of the molecule is COC1CCC([C@@H]2CCN(C(=O)O)[C@@H]2CO)CC1. The molecule has 5 heteroatoms. The number of methoxy groups -OCH3 is 1. The third-order valence-corrected chi connectivity index (χ3v) is 4.69. The summed E-state index contributed by atoms with van der Waals surface area (Å²) in [5.74, 6) is 0.863. The van der Waals surface area contributed by atoms with Crippen LogP contribution in [-0.2, 0) is 4.74 Å². The van der Waals surface area contributed by atoms with Gasteiger partial charge in [-0.2, -0.15) is 0 Å². The molecule has 0 spiro atoms. The van der Waals surface area contributed by atoms with E-state index in [4.69, 9.17) is 9.84 Å². The standard InChI is InChI=1S/C13H23NO4/c1-18-10-4-2-9(3-5-10)11-6-7-14(13(16)17)12(11)8-15/h9-12,15H,2-8H2,1H3,(H,16,17)/t9?,10?,11-,12+/m0/s1. The Morgan fingerprint density at radius 3 is 2.44 bits per heavy atom. The minimum Gasteiger partial charge on any atom is -0.465 e. The maximum absolute atomic E-state index is 11.1. The highest BCUT2D eigenvalue weighted by atomic mass is 16.5. The zero-order valence-electron chi connectivity index (χ0n) is 10.9. The average Bonchev–Trinajstić information content (AvgIpc) is 2.82. The van der Waals surface area contributed by atoms with Gasteiger partial charge in [0.1, 0.15) is 0 Å². The molecule has 18 heavy (non-hydrogen) atoms. The predicted octanol–water partition coefficient (Wildman–Crippen LogP) is 1.55. The lowest BCUT2D eigenvalue weighted by molar-refractivity contribution is 0.0354. The van der Waals surface area contributed by atoms with E-state index in [1.807, 2.05) is 0 Å². The highest BCUT2D eigenvalue weighted by Gasteiger charge is 2.41. The number of hydrogen-bond donors (Lipinski definition) is 2.